The SMILES string of the molecule is COc1ccc(Cn2cnc3c2N=CN=C2C3NC(=O)N2[C@H]2C[C@H](O)[C@@H](CO)O2)cc1. The van der Waals surface area contributed by atoms with Gasteiger partial charge in [-0.1, -0.05) is 12.1 Å². The fourth-order valence-electron chi connectivity index (χ4n) is 4.07. The minimum atomic E-state index is -0.860. The van der Waals surface area contributed by atoms with E-state index < -0.39 is 30.5 Å². The number of nitrogens with zero attached hydrogens (tertiary/aromatic N) is 5. The minimum absolute atomic E-state index is 0.181. The summed E-state index contributed by atoms with van der Waals surface area (Å²) in [6, 6.07) is 6.72. The van der Waals surface area contributed by atoms with Crippen molar-refractivity contribution in [3.05, 3.63) is 41.9 Å². The van der Waals surface area contributed by atoms with Crippen LogP contribution in [0.5, 0.6) is 5.75 Å². The van der Waals surface area contributed by atoms with Crippen molar-refractivity contribution in [1.82, 2.24) is 19.8 Å². The van der Waals surface area contributed by atoms with Gasteiger partial charge in [0.15, 0.2) is 5.82 Å². The number of hydrogen-bond acceptors (Lipinski definition) is 8. The van der Waals surface area contributed by atoms with Gasteiger partial charge in [-0.3, -0.25) is 4.90 Å². The maximum Gasteiger partial charge on any atom is 0.325 e. The van der Waals surface area contributed by atoms with Crippen LogP contribution in [0.1, 0.15) is 23.7 Å². The van der Waals surface area contributed by atoms with Crippen molar-refractivity contribution >= 4 is 24.0 Å². The van der Waals surface area contributed by atoms with Gasteiger partial charge in [-0.2, -0.15) is 0 Å². The van der Waals surface area contributed by atoms with Crippen LogP contribution in [0.2, 0.25) is 0 Å². The van der Waals surface area contributed by atoms with Crippen molar-refractivity contribution in [1.29, 1.82) is 0 Å². The number of methoxy groups -OCH3 is 1. The van der Waals surface area contributed by atoms with E-state index >= 15 is 0 Å². The Morgan fingerprint density at radius 3 is 2.84 bits per heavy atom. The molecule has 3 aliphatic rings. The highest BCUT2D eigenvalue weighted by Gasteiger charge is 2.48. The maximum atomic E-state index is 12.7. The topological polar surface area (TPSA) is 134 Å². The van der Waals surface area contributed by atoms with Crippen molar-refractivity contribution < 1.29 is 24.5 Å². The van der Waals surface area contributed by atoms with Crippen LogP contribution in [0.4, 0.5) is 10.6 Å². The highest BCUT2D eigenvalue weighted by molar-refractivity contribution is 6.10. The lowest BCUT2D eigenvalue weighted by Gasteiger charge is -2.23. The fourth-order valence-corrected chi connectivity index (χ4v) is 4.07. The molecular weight excluding hydrogens is 404 g/mol. The Morgan fingerprint density at radius 1 is 1.32 bits per heavy atom. The number of aromatic nitrogens is 2. The Balaban J connectivity index is 1.41. The number of hydrogen-bond donors (Lipinski definition) is 3. The molecule has 1 aromatic heterocycles. The first-order chi connectivity index (χ1) is 15.1. The monoisotopic (exact) mass is 426 g/mol. The Hall–Kier alpha value is -3.28. The second kappa shape index (κ2) is 7.76. The quantitative estimate of drug-likeness (QED) is 0.639. The van der Waals surface area contributed by atoms with E-state index in [1.807, 2.05) is 28.8 Å². The van der Waals surface area contributed by atoms with Crippen LogP contribution in [-0.2, 0) is 11.3 Å². The first-order valence-electron chi connectivity index (χ1n) is 9.91. The lowest BCUT2D eigenvalue weighted by atomic mass is 10.1. The fraction of sp³-hybridized carbons (Fsp3) is 0.400. The molecule has 0 radical (unpaired) electrons. The van der Waals surface area contributed by atoms with Gasteiger partial charge in [-0.05, 0) is 17.7 Å². The normalized spacial score (nSPS) is 26.9. The molecule has 5 rings (SSSR count). The van der Waals surface area contributed by atoms with Crippen molar-refractivity contribution in [3.63, 3.8) is 0 Å². The first-order valence-corrected chi connectivity index (χ1v) is 9.91. The molecule has 0 saturated carbocycles. The molecule has 11 heteroatoms. The predicted octanol–water partition coefficient (Wildman–Crippen LogP) is 0.546. The molecule has 1 aromatic carbocycles. The van der Waals surface area contributed by atoms with E-state index in [2.05, 4.69) is 20.3 Å². The van der Waals surface area contributed by atoms with Crippen LogP contribution in [-0.4, -0.2) is 75.0 Å². The van der Waals surface area contributed by atoms with Crippen LogP contribution in [0.3, 0.4) is 0 Å². The molecule has 4 heterocycles. The molecular formula is C20H22N6O5. The summed E-state index contributed by atoms with van der Waals surface area (Å²) in [6.45, 7) is 0.212. The Labute approximate surface area is 177 Å². The highest BCUT2D eigenvalue weighted by Crippen LogP contribution is 2.35. The number of benzene rings is 1. The van der Waals surface area contributed by atoms with E-state index in [1.165, 1.54) is 11.2 Å². The van der Waals surface area contributed by atoms with Gasteiger partial charge in [0.2, 0.25) is 0 Å². The minimum Gasteiger partial charge on any atom is -0.497 e. The molecule has 3 aliphatic heterocycles. The third-order valence-corrected chi connectivity index (χ3v) is 5.66. The summed E-state index contributed by atoms with van der Waals surface area (Å²) in [7, 11) is 1.62. The smallest absolute Gasteiger partial charge is 0.325 e. The Morgan fingerprint density at radius 2 is 2.13 bits per heavy atom. The van der Waals surface area contributed by atoms with Crippen LogP contribution in [0.15, 0.2) is 40.6 Å². The van der Waals surface area contributed by atoms with Crippen molar-refractivity contribution in [2.45, 2.75) is 37.4 Å². The number of nitrogens with one attached hydrogen (secondary N) is 1. The maximum absolute atomic E-state index is 12.7. The van der Waals surface area contributed by atoms with Crippen LogP contribution >= 0.6 is 0 Å². The van der Waals surface area contributed by atoms with Gasteiger partial charge in [-0.15, -0.1) is 0 Å². The zero-order valence-electron chi connectivity index (χ0n) is 16.8. The lowest BCUT2D eigenvalue weighted by Crippen LogP contribution is -2.41. The van der Waals surface area contributed by atoms with E-state index in [4.69, 9.17) is 9.47 Å². The van der Waals surface area contributed by atoms with Crippen LogP contribution in [0, 0.1) is 0 Å². The summed E-state index contributed by atoms with van der Waals surface area (Å²) in [5.41, 5.74) is 1.62. The number of amides is 2. The number of carbonyl (C=O) groups is 1. The molecule has 1 unspecified atom stereocenters. The molecule has 0 aliphatic carbocycles. The standard InChI is InChI=1S/C20H22N6O5/c1-30-12-4-2-11(3-5-12)7-25-10-23-16-17-19(22-9-21-18(16)25)26(20(29)24-17)15-6-13(28)14(8-27)31-15/h2-5,9-10,13-15,17,27-28H,6-8H2,1H3,(H,24,29)/t13-,14+,15+,17?/m0/s1. The number of carbonyl (C=O) groups excluding carboxylic acids is 1. The van der Waals surface area contributed by atoms with Gasteiger partial charge in [0.05, 0.1) is 32.7 Å². The Kier molecular flexibility index (Phi) is 4.93. The van der Waals surface area contributed by atoms with Gasteiger partial charge >= 0.3 is 6.03 Å². The third kappa shape index (κ3) is 3.36. The molecule has 2 aromatic rings. The third-order valence-electron chi connectivity index (χ3n) is 5.66. The molecule has 4 atom stereocenters. The second-order valence-electron chi connectivity index (χ2n) is 7.53. The molecule has 0 bridgehead atoms. The van der Waals surface area contributed by atoms with Gasteiger partial charge in [0.1, 0.15) is 42.0 Å². The molecule has 2 amide bonds. The molecule has 2 fully saturated rings. The van der Waals surface area contributed by atoms with Crippen molar-refractivity contribution in [3.8, 4) is 5.75 Å². The second-order valence-corrected chi connectivity index (χ2v) is 7.53. The highest BCUT2D eigenvalue weighted by atomic mass is 16.5. The molecule has 0 spiro atoms. The summed E-state index contributed by atoms with van der Waals surface area (Å²) < 4.78 is 12.7. The van der Waals surface area contributed by atoms with Gasteiger partial charge in [0, 0.05) is 6.42 Å². The molecule has 31 heavy (non-hydrogen) atoms. The molecule has 11 nitrogen and oxygen atoms in total. The summed E-state index contributed by atoms with van der Waals surface area (Å²) in [5.74, 6) is 1.78. The van der Waals surface area contributed by atoms with Gasteiger partial charge in [-0.25, -0.2) is 19.8 Å². The number of amidine groups is 1. The summed E-state index contributed by atoms with van der Waals surface area (Å²) >= 11 is 0. The van der Waals surface area contributed by atoms with E-state index in [0.29, 0.717) is 23.9 Å². The number of imidazole rings is 1. The summed E-state index contributed by atoms with van der Waals surface area (Å²) in [4.78, 5) is 27.4. The van der Waals surface area contributed by atoms with E-state index in [9.17, 15) is 15.0 Å². The van der Waals surface area contributed by atoms with Gasteiger partial charge in [0.25, 0.3) is 0 Å². The van der Waals surface area contributed by atoms with Gasteiger partial charge < -0.3 is 29.6 Å². The molecule has 2 saturated heterocycles. The molecule has 3 N–H and O–H groups in total. The van der Waals surface area contributed by atoms with E-state index in [0.717, 1.165) is 11.3 Å². The van der Waals surface area contributed by atoms with E-state index in [-0.39, 0.29) is 13.0 Å². The largest absolute Gasteiger partial charge is 0.497 e. The summed E-state index contributed by atoms with van der Waals surface area (Å²) in [6.07, 6.45) is 0.925. The zero-order chi connectivity index (χ0) is 21.5. The number of ether oxygens (including phenoxy) is 2. The number of fused-ring (bicyclic) bond motifs is 3. The van der Waals surface area contributed by atoms with Crippen LogP contribution < -0.4 is 10.1 Å². The molecule has 162 valence electrons. The van der Waals surface area contributed by atoms with E-state index in [1.54, 1.807) is 13.4 Å². The summed E-state index contributed by atoms with van der Waals surface area (Å²) in [5, 5.41) is 22.3. The number of aliphatic hydroxyl groups excluding tert-OH is 2. The van der Waals surface area contributed by atoms with Crippen molar-refractivity contribution in [2.24, 2.45) is 9.98 Å². The predicted molar refractivity (Wildman–Crippen MR) is 109 cm³/mol. The Bertz CT molecular complexity index is 1050. The van der Waals surface area contributed by atoms with Crippen molar-refractivity contribution in [2.75, 3.05) is 13.7 Å². The number of rotatable bonds is 5. The number of urea groups is 1. The van der Waals surface area contributed by atoms with Crippen LogP contribution in [0.25, 0.3) is 0 Å². The first kappa shape index (κ1) is 19.7. The average Bonchev–Trinajstić information content (AvgIpc) is 3.40. The average molecular weight is 426 g/mol. The number of aliphatic hydroxyl groups is 2. The zero-order valence-corrected chi connectivity index (χ0v) is 16.8. The number of aliphatic imine (C=N–C) groups is 2. The lowest BCUT2D eigenvalue weighted by molar-refractivity contribution is -0.0474.